The third-order valence-corrected chi connectivity index (χ3v) is 4.33. The van der Waals surface area contributed by atoms with Gasteiger partial charge >= 0.3 is 0 Å². The Kier molecular flexibility index (Phi) is 1.88. The molecule has 13 heavy (non-hydrogen) atoms. The minimum absolute atomic E-state index is 0.552. The van der Waals surface area contributed by atoms with Crippen molar-refractivity contribution in [3.05, 3.63) is 0 Å². The summed E-state index contributed by atoms with van der Waals surface area (Å²) in [6, 6.07) is 0. The molecule has 0 bridgehead atoms. The lowest BCUT2D eigenvalue weighted by atomic mass is 9.87. The molecule has 74 valence electrons. The van der Waals surface area contributed by atoms with Crippen LogP contribution in [0.4, 0.5) is 0 Å². The van der Waals surface area contributed by atoms with E-state index in [0.29, 0.717) is 5.66 Å². The Morgan fingerprint density at radius 3 is 1.69 bits per heavy atom. The minimum Gasteiger partial charge on any atom is -0.284 e. The van der Waals surface area contributed by atoms with E-state index >= 15 is 0 Å². The lowest BCUT2D eigenvalue weighted by molar-refractivity contribution is -0.0438. The maximum atomic E-state index is 2.77. The molecule has 0 amide bonds. The Balaban J connectivity index is 1.88. The Bertz CT molecular complexity index is 180. The average Bonchev–Trinajstić information content (AvgIpc) is 2.56. The van der Waals surface area contributed by atoms with E-state index < -0.39 is 0 Å². The molecule has 3 saturated heterocycles. The van der Waals surface area contributed by atoms with E-state index in [4.69, 9.17) is 0 Å². The van der Waals surface area contributed by atoms with Crippen molar-refractivity contribution in [1.29, 1.82) is 0 Å². The van der Waals surface area contributed by atoms with E-state index in [-0.39, 0.29) is 0 Å². The number of hydrogen-bond acceptors (Lipinski definition) is 2. The zero-order valence-corrected chi connectivity index (χ0v) is 8.47. The first kappa shape index (κ1) is 8.25. The highest BCUT2D eigenvalue weighted by atomic mass is 15.5. The minimum atomic E-state index is 0.552. The van der Waals surface area contributed by atoms with Gasteiger partial charge in [-0.05, 0) is 51.6 Å². The molecule has 3 rings (SSSR count). The van der Waals surface area contributed by atoms with E-state index in [1.165, 1.54) is 64.7 Å². The van der Waals surface area contributed by atoms with Crippen LogP contribution in [-0.2, 0) is 0 Å². The van der Waals surface area contributed by atoms with Crippen LogP contribution in [-0.4, -0.2) is 41.6 Å². The smallest absolute Gasteiger partial charge is 0.0738 e. The van der Waals surface area contributed by atoms with Gasteiger partial charge in [0.2, 0.25) is 0 Å². The quantitative estimate of drug-likeness (QED) is 0.559. The summed E-state index contributed by atoms with van der Waals surface area (Å²) in [4.78, 5) is 5.55. The van der Waals surface area contributed by atoms with Gasteiger partial charge < -0.3 is 0 Å². The molecule has 3 fully saturated rings. The maximum Gasteiger partial charge on any atom is 0.0738 e. The predicted molar refractivity (Wildman–Crippen MR) is 53.6 cm³/mol. The second-order valence-electron chi connectivity index (χ2n) is 4.87. The SMILES string of the molecule is C1CCC23CCCCN2CCN3C1. The predicted octanol–water partition coefficient (Wildman–Crippen LogP) is 1.67. The zero-order valence-electron chi connectivity index (χ0n) is 8.47. The molecule has 0 unspecified atom stereocenters. The summed E-state index contributed by atoms with van der Waals surface area (Å²) in [5, 5.41) is 0. The van der Waals surface area contributed by atoms with Gasteiger partial charge in [0.1, 0.15) is 0 Å². The van der Waals surface area contributed by atoms with Gasteiger partial charge in [-0.1, -0.05) is 0 Å². The van der Waals surface area contributed by atoms with Gasteiger partial charge in [0.15, 0.2) is 0 Å². The molecule has 0 radical (unpaired) electrons. The highest BCUT2D eigenvalue weighted by Gasteiger charge is 2.48. The van der Waals surface area contributed by atoms with Crippen molar-refractivity contribution in [1.82, 2.24) is 9.80 Å². The van der Waals surface area contributed by atoms with Crippen LogP contribution < -0.4 is 0 Å². The van der Waals surface area contributed by atoms with Crippen LogP contribution in [0.15, 0.2) is 0 Å². The Hall–Kier alpha value is -0.0800. The van der Waals surface area contributed by atoms with Crippen LogP contribution in [0.5, 0.6) is 0 Å². The lowest BCUT2D eigenvalue weighted by Crippen LogP contribution is -2.57. The second kappa shape index (κ2) is 2.96. The van der Waals surface area contributed by atoms with Crippen LogP contribution in [0.25, 0.3) is 0 Å². The normalized spacial score (nSPS) is 34.2. The molecule has 3 heterocycles. The lowest BCUT2D eigenvalue weighted by Gasteiger charge is -2.49. The van der Waals surface area contributed by atoms with Crippen LogP contribution in [0.3, 0.4) is 0 Å². The molecule has 0 atom stereocenters. The summed E-state index contributed by atoms with van der Waals surface area (Å²) in [6.45, 7) is 5.44. The molecular formula is C11H20N2. The molecule has 3 aliphatic heterocycles. The van der Waals surface area contributed by atoms with Gasteiger partial charge in [-0.2, -0.15) is 0 Å². The van der Waals surface area contributed by atoms with Crippen LogP contribution in [0.2, 0.25) is 0 Å². The molecule has 0 aromatic heterocycles. The fourth-order valence-corrected chi connectivity index (χ4v) is 3.68. The first-order valence-electron chi connectivity index (χ1n) is 5.92. The Morgan fingerprint density at radius 2 is 1.15 bits per heavy atom. The van der Waals surface area contributed by atoms with E-state index in [0.717, 1.165) is 0 Å². The van der Waals surface area contributed by atoms with Crippen molar-refractivity contribution in [2.45, 2.75) is 44.2 Å². The first-order valence-corrected chi connectivity index (χ1v) is 5.92. The van der Waals surface area contributed by atoms with Crippen LogP contribution >= 0.6 is 0 Å². The molecule has 1 spiro atoms. The summed E-state index contributed by atoms with van der Waals surface area (Å²) < 4.78 is 0. The molecule has 2 nitrogen and oxygen atoms in total. The zero-order chi connectivity index (χ0) is 8.73. The standard InChI is InChI=1S/C11H20N2/c1-3-7-12-9-10-13-8-4-2-6-11(12,13)5-1/h1-10H2. The molecule has 0 N–H and O–H groups in total. The van der Waals surface area contributed by atoms with E-state index in [9.17, 15) is 0 Å². The first-order chi connectivity index (χ1) is 6.42. The Labute approximate surface area is 80.9 Å². The molecule has 2 heteroatoms. The van der Waals surface area contributed by atoms with Crippen LogP contribution in [0.1, 0.15) is 38.5 Å². The molecule has 0 aromatic carbocycles. The summed E-state index contributed by atoms with van der Waals surface area (Å²) >= 11 is 0. The van der Waals surface area contributed by atoms with Gasteiger partial charge in [0.25, 0.3) is 0 Å². The summed E-state index contributed by atoms with van der Waals surface area (Å²) in [6.07, 6.45) is 8.71. The Morgan fingerprint density at radius 1 is 0.615 bits per heavy atom. The number of nitrogens with zero attached hydrogens (tertiary/aromatic N) is 2. The van der Waals surface area contributed by atoms with Gasteiger partial charge in [-0.25, -0.2) is 0 Å². The monoisotopic (exact) mass is 180 g/mol. The van der Waals surface area contributed by atoms with Crippen molar-refractivity contribution in [2.75, 3.05) is 26.2 Å². The number of rotatable bonds is 0. The van der Waals surface area contributed by atoms with Crippen molar-refractivity contribution < 1.29 is 0 Å². The van der Waals surface area contributed by atoms with Crippen molar-refractivity contribution in [2.24, 2.45) is 0 Å². The maximum absolute atomic E-state index is 2.77. The highest BCUT2D eigenvalue weighted by molar-refractivity contribution is 5.00. The number of hydrogen-bond donors (Lipinski definition) is 0. The van der Waals surface area contributed by atoms with Crippen molar-refractivity contribution in [3.8, 4) is 0 Å². The second-order valence-corrected chi connectivity index (χ2v) is 4.87. The third kappa shape index (κ3) is 1.08. The molecule has 0 saturated carbocycles. The summed E-state index contributed by atoms with van der Waals surface area (Å²) in [5.41, 5.74) is 0.552. The van der Waals surface area contributed by atoms with Crippen LogP contribution in [0, 0.1) is 0 Å². The summed E-state index contributed by atoms with van der Waals surface area (Å²) in [5.74, 6) is 0. The van der Waals surface area contributed by atoms with E-state index in [2.05, 4.69) is 9.80 Å². The largest absolute Gasteiger partial charge is 0.284 e. The topological polar surface area (TPSA) is 6.48 Å². The molecule has 0 aromatic rings. The van der Waals surface area contributed by atoms with Gasteiger partial charge in [0.05, 0.1) is 5.66 Å². The summed E-state index contributed by atoms with van der Waals surface area (Å²) in [7, 11) is 0. The molecule has 3 aliphatic rings. The average molecular weight is 180 g/mol. The third-order valence-electron chi connectivity index (χ3n) is 4.33. The fraction of sp³-hybridized carbons (Fsp3) is 1.00. The molecule has 0 aliphatic carbocycles. The highest BCUT2D eigenvalue weighted by Crippen LogP contribution is 2.41. The molecular weight excluding hydrogens is 160 g/mol. The van der Waals surface area contributed by atoms with Crippen molar-refractivity contribution >= 4 is 0 Å². The van der Waals surface area contributed by atoms with E-state index in [1.807, 2.05) is 0 Å². The van der Waals surface area contributed by atoms with Gasteiger partial charge in [-0.15, -0.1) is 0 Å². The van der Waals surface area contributed by atoms with E-state index in [1.54, 1.807) is 0 Å². The number of piperidine rings is 2. The van der Waals surface area contributed by atoms with Gasteiger partial charge in [0, 0.05) is 13.1 Å². The van der Waals surface area contributed by atoms with Gasteiger partial charge in [-0.3, -0.25) is 9.80 Å². The fourth-order valence-electron chi connectivity index (χ4n) is 3.68. The van der Waals surface area contributed by atoms with Crippen molar-refractivity contribution in [3.63, 3.8) is 0 Å².